The fraction of sp³-hybridized carbons (Fsp3) is 0.750. The number of nitrogens with zero attached hydrogens (tertiary/aromatic N) is 1. The third kappa shape index (κ3) is 4.89. The molecule has 0 spiro atoms. The Morgan fingerprint density at radius 2 is 2.21 bits per heavy atom. The van der Waals surface area contributed by atoms with Gasteiger partial charge in [0.25, 0.3) is 0 Å². The van der Waals surface area contributed by atoms with E-state index in [0.717, 1.165) is 26.0 Å². The molecule has 3 nitrogen and oxygen atoms in total. The second-order valence-electron chi connectivity index (χ2n) is 5.61. The molecule has 1 fully saturated rings. The monoisotopic (exact) mass is 265 g/mol. The Labute approximate surface area is 117 Å². The van der Waals surface area contributed by atoms with Crippen molar-refractivity contribution in [2.24, 2.45) is 5.92 Å². The summed E-state index contributed by atoms with van der Waals surface area (Å²) in [4.78, 5) is 2.27. The van der Waals surface area contributed by atoms with Gasteiger partial charge in [0.15, 0.2) is 0 Å². The highest BCUT2D eigenvalue weighted by molar-refractivity contribution is 5.24. The molecule has 1 aliphatic heterocycles. The number of ether oxygens (including phenoxy) is 1. The van der Waals surface area contributed by atoms with Crippen LogP contribution in [0.25, 0.3) is 0 Å². The van der Waals surface area contributed by atoms with Crippen molar-refractivity contribution in [3.63, 3.8) is 0 Å². The highest BCUT2D eigenvalue weighted by atomic mass is 16.5. The van der Waals surface area contributed by atoms with Crippen LogP contribution in [0.2, 0.25) is 0 Å². The summed E-state index contributed by atoms with van der Waals surface area (Å²) >= 11 is 0. The quantitative estimate of drug-likeness (QED) is 0.481. The summed E-state index contributed by atoms with van der Waals surface area (Å²) in [5, 5.41) is 10.6. The lowest BCUT2D eigenvalue weighted by molar-refractivity contribution is -0.0346. The van der Waals surface area contributed by atoms with E-state index in [1.54, 1.807) is 12.3 Å². The van der Waals surface area contributed by atoms with E-state index in [0.29, 0.717) is 12.5 Å². The van der Waals surface area contributed by atoms with Crippen LogP contribution >= 0.6 is 0 Å². The number of piperidine rings is 1. The second-order valence-corrected chi connectivity index (χ2v) is 5.61. The molecular weight excluding hydrogens is 238 g/mol. The van der Waals surface area contributed by atoms with Gasteiger partial charge in [-0.1, -0.05) is 32.1 Å². The Bertz CT molecular complexity index is 355. The van der Waals surface area contributed by atoms with Gasteiger partial charge in [0.2, 0.25) is 0 Å². The Morgan fingerprint density at radius 3 is 2.89 bits per heavy atom. The van der Waals surface area contributed by atoms with E-state index in [1.165, 1.54) is 0 Å². The number of allylic oxidation sites excluding steroid dienone is 1. The molecule has 1 rings (SSSR count). The number of unbranched alkanes of at least 4 members (excludes halogenated alkanes) is 1. The number of aliphatic hydroxyl groups is 1. The van der Waals surface area contributed by atoms with Gasteiger partial charge >= 0.3 is 0 Å². The summed E-state index contributed by atoms with van der Waals surface area (Å²) in [6, 6.07) is 0.361. The van der Waals surface area contributed by atoms with E-state index in [9.17, 15) is 5.11 Å². The highest BCUT2D eigenvalue weighted by Crippen LogP contribution is 2.30. The van der Waals surface area contributed by atoms with E-state index in [1.807, 2.05) is 0 Å². The van der Waals surface area contributed by atoms with Crippen LogP contribution in [-0.4, -0.2) is 41.8 Å². The van der Waals surface area contributed by atoms with Gasteiger partial charge in [0, 0.05) is 31.0 Å². The first-order valence-electron chi connectivity index (χ1n) is 7.21. The Hall–Kier alpha value is -0.980. The van der Waals surface area contributed by atoms with Crippen LogP contribution in [0.3, 0.4) is 0 Å². The van der Waals surface area contributed by atoms with Crippen molar-refractivity contribution in [3.05, 3.63) is 12.3 Å². The summed E-state index contributed by atoms with van der Waals surface area (Å²) in [5.74, 6) is 6.08. The van der Waals surface area contributed by atoms with E-state index in [-0.39, 0.29) is 5.92 Å². The van der Waals surface area contributed by atoms with Crippen LogP contribution in [0.15, 0.2) is 12.3 Å². The molecule has 0 bridgehead atoms. The smallest absolute Gasteiger partial charge is 0.131 e. The third-order valence-corrected chi connectivity index (χ3v) is 3.89. The van der Waals surface area contributed by atoms with Crippen molar-refractivity contribution in [3.8, 4) is 11.8 Å². The van der Waals surface area contributed by atoms with Gasteiger partial charge in [-0.3, -0.25) is 0 Å². The van der Waals surface area contributed by atoms with Gasteiger partial charge in [-0.15, -0.1) is 0 Å². The molecule has 0 amide bonds. The first-order valence-corrected chi connectivity index (χ1v) is 7.21. The summed E-state index contributed by atoms with van der Waals surface area (Å²) < 4.78 is 5.29. The molecule has 0 aliphatic carbocycles. The molecule has 0 unspecified atom stereocenters. The van der Waals surface area contributed by atoms with Gasteiger partial charge in [-0.25, -0.2) is 0 Å². The largest absolute Gasteiger partial charge is 0.501 e. The van der Waals surface area contributed by atoms with Gasteiger partial charge in [-0.05, 0) is 20.4 Å². The average Bonchev–Trinajstić information content (AvgIpc) is 2.36. The minimum atomic E-state index is -0.875. The zero-order valence-electron chi connectivity index (χ0n) is 12.6. The average molecular weight is 265 g/mol. The Kier molecular flexibility index (Phi) is 6.41. The Balaban J connectivity index is 2.50. The van der Waals surface area contributed by atoms with Crippen molar-refractivity contribution in [1.82, 2.24) is 4.90 Å². The SMILES string of the molecule is CCCCO/C=C/C#C[C@]1(O)C[C@H](C)N(C)C[C@@H]1C. The number of hydrogen-bond donors (Lipinski definition) is 1. The normalized spacial score (nSPS) is 32.1. The maximum atomic E-state index is 10.6. The fourth-order valence-corrected chi connectivity index (χ4v) is 2.29. The lowest BCUT2D eigenvalue weighted by Gasteiger charge is -2.42. The van der Waals surface area contributed by atoms with Crippen molar-refractivity contribution >= 4 is 0 Å². The standard InChI is InChI=1S/C16H27NO2/c1-5-6-10-19-11-8-7-9-16(18)12-15(3)17(4)13-14(16)2/h8,11,14-15,18H,5-6,10,12-13H2,1-4H3/b11-8+/t14-,15-,16-/m0/s1. The summed E-state index contributed by atoms with van der Waals surface area (Å²) in [7, 11) is 2.09. The van der Waals surface area contributed by atoms with Crippen LogP contribution < -0.4 is 0 Å². The molecule has 3 atom stereocenters. The zero-order valence-corrected chi connectivity index (χ0v) is 12.6. The summed E-state index contributed by atoms with van der Waals surface area (Å²) in [6.07, 6.45) is 6.19. The molecule has 0 aromatic carbocycles. The highest BCUT2D eigenvalue weighted by Gasteiger charge is 2.39. The van der Waals surface area contributed by atoms with Crippen molar-refractivity contribution in [2.75, 3.05) is 20.2 Å². The number of rotatable bonds is 4. The van der Waals surface area contributed by atoms with Crippen molar-refractivity contribution in [1.29, 1.82) is 0 Å². The topological polar surface area (TPSA) is 32.7 Å². The first kappa shape index (κ1) is 16.1. The molecule has 3 heteroatoms. The predicted octanol–water partition coefficient (Wildman–Crippen LogP) is 2.41. The van der Waals surface area contributed by atoms with Crippen LogP contribution in [-0.2, 0) is 4.74 Å². The summed E-state index contributed by atoms with van der Waals surface area (Å²) in [6.45, 7) is 7.92. The maximum absolute atomic E-state index is 10.6. The van der Waals surface area contributed by atoms with E-state index in [4.69, 9.17) is 4.74 Å². The van der Waals surface area contributed by atoms with Gasteiger partial charge in [-0.2, -0.15) is 0 Å². The van der Waals surface area contributed by atoms with Crippen molar-refractivity contribution in [2.45, 2.75) is 51.7 Å². The minimum Gasteiger partial charge on any atom is -0.501 e. The van der Waals surface area contributed by atoms with Crippen LogP contribution in [0.4, 0.5) is 0 Å². The lowest BCUT2D eigenvalue weighted by Crippen LogP contribution is -2.52. The van der Waals surface area contributed by atoms with Crippen LogP contribution in [0, 0.1) is 17.8 Å². The molecule has 0 aromatic rings. The molecule has 1 heterocycles. The molecule has 1 saturated heterocycles. The lowest BCUT2D eigenvalue weighted by atomic mass is 9.79. The summed E-state index contributed by atoms with van der Waals surface area (Å²) in [5.41, 5.74) is -0.875. The first-order chi connectivity index (χ1) is 8.99. The van der Waals surface area contributed by atoms with E-state index in [2.05, 4.69) is 44.6 Å². The molecule has 0 radical (unpaired) electrons. The van der Waals surface area contributed by atoms with Crippen LogP contribution in [0.1, 0.15) is 40.0 Å². The van der Waals surface area contributed by atoms with Crippen LogP contribution in [0.5, 0.6) is 0 Å². The van der Waals surface area contributed by atoms with E-state index >= 15 is 0 Å². The van der Waals surface area contributed by atoms with Gasteiger partial charge < -0.3 is 14.7 Å². The molecule has 108 valence electrons. The Morgan fingerprint density at radius 1 is 1.47 bits per heavy atom. The molecule has 1 aliphatic rings. The molecule has 0 saturated carbocycles. The second kappa shape index (κ2) is 7.57. The van der Waals surface area contributed by atoms with Crippen molar-refractivity contribution < 1.29 is 9.84 Å². The third-order valence-electron chi connectivity index (χ3n) is 3.89. The number of likely N-dealkylation sites (tertiary alicyclic amines) is 1. The maximum Gasteiger partial charge on any atom is 0.131 e. The minimum absolute atomic E-state index is 0.163. The van der Waals surface area contributed by atoms with E-state index < -0.39 is 5.60 Å². The molecule has 1 N–H and O–H groups in total. The number of hydrogen-bond acceptors (Lipinski definition) is 3. The van der Waals surface area contributed by atoms with Gasteiger partial charge in [0.1, 0.15) is 5.60 Å². The predicted molar refractivity (Wildman–Crippen MR) is 78.6 cm³/mol. The van der Waals surface area contributed by atoms with Gasteiger partial charge in [0.05, 0.1) is 12.9 Å². The molecule has 0 aromatic heterocycles. The zero-order chi connectivity index (χ0) is 14.3. The molecular formula is C16H27NO2. The molecule has 19 heavy (non-hydrogen) atoms. The fourth-order valence-electron chi connectivity index (χ4n) is 2.29.